The normalized spacial score (nSPS) is 12.9. The summed E-state index contributed by atoms with van der Waals surface area (Å²) in [7, 11) is 0. The lowest BCUT2D eigenvalue weighted by Crippen LogP contribution is -2.28. The van der Waals surface area contributed by atoms with E-state index >= 15 is 0 Å². The van der Waals surface area contributed by atoms with Crippen LogP contribution in [0.1, 0.15) is 11.8 Å². The second kappa shape index (κ2) is 5.54. The Hall–Kier alpha value is -0.750. The number of thiophene rings is 1. The molecule has 0 aliphatic rings. The molecule has 0 aliphatic carbocycles. The van der Waals surface area contributed by atoms with Crippen molar-refractivity contribution in [1.82, 2.24) is 10.3 Å². The third kappa shape index (κ3) is 2.89. The summed E-state index contributed by atoms with van der Waals surface area (Å²) in [5.41, 5.74) is 0. The SMILES string of the molecule is C[C@H](CO)NCc1cnc(-c2cccs2)s1. The fraction of sp³-hybridized carbons (Fsp3) is 0.364. The second-order valence-electron chi connectivity index (χ2n) is 3.57. The van der Waals surface area contributed by atoms with Gasteiger partial charge in [0.15, 0.2) is 0 Å². The van der Waals surface area contributed by atoms with E-state index in [1.54, 1.807) is 22.7 Å². The van der Waals surface area contributed by atoms with Crippen LogP contribution in [-0.4, -0.2) is 22.7 Å². The molecule has 3 nitrogen and oxygen atoms in total. The molecule has 2 aromatic heterocycles. The summed E-state index contributed by atoms with van der Waals surface area (Å²) in [6.45, 7) is 2.89. The van der Waals surface area contributed by atoms with Crippen molar-refractivity contribution in [3.8, 4) is 9.88 Å². The molecular formula is C11H14N2OS2. The van der Waals surface area contributed by atoms with Gasteiger partial charge in [-0.05, 0) is 18.4 Å². The van der Waals surface area contributed by atoms with Gasteiger partial charge >= 0.3 is 0 Å². The van der Waals surface area contributed by atoms with Crippen molar-refractivity contribution in [2.75, 3.05) is 6.61 Å². The van der Waals surface area contributed by atoms with E-state index in [2.05, 4.69) is 21.7 Å². The van der Waals surface area contributed by atoms with Gasteiger partial charge in [-0.2, -0.15) is 0 Å². The van der Waals surface area contributed by atoms with Gasteiger partial charge in [0, 0.05) is 23.7 Å². The summed E-state index contributed by atoms with van der Waals surface area (Å²) in [6, 6.07) is 4.25. The molecule has 0 aliphatic heterocycles. The largest absolute Gasteiger partial charge is 0.395 e. The highest BCUT2D eigenvalue weighted by atomic mass is 32.1. The zero-order valence-electron chi connectivity index (χ0n) is 9.01. The molecule has 2 rings (SSSR count). The van der Waals surface area contributed by atoms with Gasteiger partial charge in [-0.3, -0.25) is 0 Å². The Morgan fingerprint density at radius 2 is 2.44 bits per heavy atom. The number of aliphatic hydroxyl groups is 1. The number of thiazole rings is 1. The van der Waals surface area contributed by atoms with E-state index in [9.17, 15) is 0 Å². The summed E-state index contributed by atoms with van der Waals surface area (Å²) in [6.07, 6.45) is 1.90. The Labute approximate surface area is 103 Å². The molecule has 0 fully saturated rings. The van der Waals surface area contributed by atoms with Crippen molar-refractivity contribution in [2.24, 2.45) is 0 Å². The van der Waals surface area contributed by atoms with Crippen LogP contribution >= 0.6 is 22.7 Å². The lowest BCUT2D eigenvalue weighted by atomic mass is 10.3. The minimum Gasteiger partial charge on any atom is -0.395 e. The number of aliphatic hydroxyl groups excluding tert-OH is 1. The van der Waals surface area contributed by atoms with E-state index in [-0.39, 0.29) is 12.6 Å². The lowest BCUT2D eigenvalue weighted by molar-refractivity contribution is 0.251. The average Bonchev–Trinajstić information content (AvgIpc) is 2.95. The molecule has 0 saturated heterocycles. The van der Waals surface area contributed by atoms with Gasteiger partial charge in [-0.25, -0.2) is 4.98 Å². The molecule has 5 heteroatoms. The first-order chi connectivity index (χ1) is 7.79. The summed E-state index contributed by atoms with van der Waals surface area (Å²) in [5.74, 6) is 0. The zero-order chi connectivity index (χ0) is 11.4. The Morgan fingerprint density at radius 1 is 1.56 bits per heavy atom. The number of nitrogens with one attached hydrogen (secondary N) is 1. The third-order valence-electron chi connectivity index (χ3n) is 2.18. The summed E-state index contributed by atoms with van der Waals surface area (Å²) >= 11 is 3.40. The molecule has 0 bridgehead atoms. The predicted molar refractivity (Wildman–Crippen MR) is 68.8 cm³/mol. The topological polar surface area (TPSA) is 45.1 Å². The first-order valence-corrected chi connectivity index (χ1v) is 6.82. The molecule has 0 radical (unpaired) electrons. The average molecular weight is 254 g/mol. The number of aromatic nitrogens is 1. The molecule has 86 valence electrons. The van der Waals surface area contributed by atoms with Crippen LogP contribution in [-0.2, 0) is 6.54 Å². The molecule has 2 N–H and O–H groups in total. The van der Waals surface area contributed by atoms with Crippen molar-refractivity contribution in [3.05, 3.63) is 28.6 Å². The fourth-order valence-electron chi connectivity index (χ4n) is 1.24. The summed E-state index contributed by atoms with van der Waals surface area (Å²) in [4.78, 5) is 6.80. The fourth-order valence-corrected chi connectivity index (χ4v) is 2.91. The van der Waals surface area contributed by atoms with Crippen molar-refractivity contribution in [3.63, 3.8) is 0 Å². The minimum atomic E-state index is 0.132. The Morgan fingerprint density at radius 3 is 3.12 bits per heavy atom. The molecule has 0 spiro atoms. The molecule has 0 saturated carbocycles. The lowest BCUT2D eigenvalue weighted by Gasteiger charge is -2.08. The molecule has 2 heterocycles. The van der Waals surface area contributed by atoms with Crippen LogP contribution in [0.2, 0.25) is 0 Å². The first kappa shape index (κ1) is 11.7. The van der Waals surface area contributed by atoms with E-state index in [1.165, 1.54) is 9.75 Å². The first-order valence-electron chi connectivity index (χ1n) is 5.12. The standard InChI is InChI=1S/C11H14N2OS2/c1-8(7-14)12-5-9-6-13-11(16-9)10-3-2-4-15-10/h2-4,6,8,12,14H,5,7H2,1H3/t8-/m1/s1. The van der Waals surface area contributed by atoms with Gasteiger partial charge in [0.1, 0.15) is 5.01 Å². The second-order valence-corrected chi connectivity index (χ2v) is 5.64. The maximum Gasteiger partial charge on any atom is 0.133 e. The molecule has 0 aromatic carbocycles. The van der Waals surface area contributed by atoms with Crippen LogP contribution in [0.4, 0.5) is 0 Å². The van der Waals surface area contributed by atoms with E-state index in [0.29, 0.717) is 0 Å². The van der Waals surface area contributed by atoms with E-state index in [4.69, 9.17) is 5.11 Å². The summed E-state index contributed by atoms with van der Waals surface area (Å²) in [5, 5.41) is 15.3. The van der Waals surface area contributed by atoms with Crippen LogP contribution in [0.15, 0.2) is 23.7 Å². The van der Waals surface area contributed by atoms with Crippen molar-refractivity contribution >= 4 is 22.7 Å². The summed E-state index contributed by atoms with van der Waals surface area (Å²) < 4.78 is 0. The Kier molecular flexibility index (Phi) is 4.06. The van der Waals surface area contributed by atoms with E-state index < -0.39 is 0 Å². The highest BCUT2D eigenvalue weighted by Crippen LogP contribution is 2.28. The van der Waals surface area contributed by atoms with Crippen molar-refractivity contribution < 1.29 is 5.11 Å². The highest BCUT2D eigenvalue weighted by molar-refractivity contribution is 7.20. The Balaban J connectivity index is 1.98. The van der Waals surface area contributed by atoms with Crippen LogP contribution in [0.25, 0.3) is 9.88 Å². The van der Waals surface area contributed by atoms with Gasteiger partial charge in [0.05, 0.1) is 11.5 Å². The van der Waals surface area contributed by atoms with Gasteiger partial charge in [-0.1, -0.05) is 6.07 Å². The van der Waals surface area contributed by atoms with Crippen LogP contribution < -0.4 is 5.32 Å². The van der Waals surface area contributed by atoms with E-state index in [1.807, 2.05) is 19.2 Å². The van der Waals surface area contributed by atoms with Crippen LogP contribution in [0.3, 0.4) is 0 Å². The molecule has 16 heavy (non-hydrogen) atoms. The van der Waals surface area contributed by atoms with Crippen LogP contribution in [0, 0.1) is 0 Å². The maximum atomic E-state index is 8.90. The minimum absolute atomic E-state index is 0.132. The van der Waals surface area contributed by atoms with Crippen molar-refractivity contribution in [2.45, 2.75) is 19.5 Å². The highest BCUT2D eigenvalue weighted by Gasteiger charge is 2.06. The smallest absolute Gasteiger partial charge is 0.133 e. The number of hydrogen-bond donors (Lipinski definition) is 2. The zero-order valence-corrected chi connectivity index (χ0v) is 10.6. The molecule has 0 amide bonds. The quantitative estimate of drug-likeness (QED) is 0.861. The van der Waals surface area contributed by atoms with Gasteiger partial charge in [-0.15, -0.1) is 22.7 Å². The molecule has 1 atom stereocenters. The number of hydrogen-bond acceptors (Lipinski definition) is 5. The van der Waals surface area contributed by atoms with Gasteiger partial charge in [0.25, 0.3) is 0 Å². The van der Waals surface area contributed by atoms with Gasteiger partial charge < -0.3 is 10.4 Å². The van der Waals surface area contributed by atoms with Gasteiger partial charge in [0.2, 0.25) is 0 Å². The number of nitrogens with zero attached hydrogens (tertiary/aromatic N) is 1. The van der Waals surface area contributed by atoms with Crippen LogP contribution in [0.5, 0.6) is 0 Å². The third-order valence-corrected chi connectivity index (χ3v) is 4.22. The Bertz CT molecular complexity index is 425. The van der Waals surface area contributed by atoms with E-state index in [0.717, 1.165) is 11.6 Å². The predicted octanol–water partition coefficient (Wildman–Crippen LogP) is 2.34. The maximum absolute atomic E-state index is 8.90. The number of rotatable bonds is 5. The van der Waals surface area contributed by atoms with Crippen molar-refractivity contribution in [1.29, 1.82) is 0 Å². The monoisotopic (exact) mass is 254 g/mol. The molecule has 2 aromatic rings. The molecular weight excluding hydrogens is 240 g/mol. The molecule has 0 unspecified atom stereocenters.